The number of halogens is 1. The first kappa shape index (κ1) is 20.6. The molecule has 1 aliphatic carbocycles. The van der Waals surface area contributed by atoms with Crippen molar-refractivity contribution in [3.63, 3.8) is 0 Å². The zero-order chi connectivity index (χ0) is 21.4. The van der Waals surface area contributed by atoms with Gasteiger partial charge in [0, 0.05) is 24.0 Å². The highest BCUT2D eigenvalue weighted by molar-refractivity contribution is 5.89. The summed E-state index contributed by atoms with van der Waals surface area (Å²) in [5.41, 5.74) is 3.21. The minimum atomic E-state index is -0.852. The Kier molecular flexibility index (Phi) is 5.62. The molecule has 1 aromatic carbocycles. The van der Waals surface area contributed by atoms with Crippen molar-refractivity contribution in [3.05, 3.63) is 53.1 Å². The molecule has 3 atom stereocenters. The summed E-state index contributed by atoms with van der Waals surface area (Å²) in [7, 11) is 3.48. The number of rotatable bonds is 6. The van der Waals surface area contributed by atoms with E-state index in [1.165, 1.54) is 11.1 Å². The van der Waals surface area contributed by atoms with E-state index in [1.807, 2.05) is 18.9 Å². The van der Waals surface area contributed by atoms with Crippen LogP contribution in [0.3, 0.4) is 0 Å². The number of hydrogen-bond donors (Lipinski definition) is 1. The molecule has 1 unspecified atom stereocenters. The summed E-state index contributed by atoms with van der Waals surface area (Å²) in [6.07, 6.45) is 0.579. The SMILES string of the molecule is COc1ccc(N2C[C@H]([C@H](O)CN(C)C3Cc4c(F)cnc(C)c4C3)OC2=O)cc1. The molecule has 0 spiro atoms. The molecule has 8 heteroatoms. The number of hydrogen-bond acceptors (Lipinski definition) is 6. The average molecular weight is 415 g/mol. The van der Waals surface area contributed by atoms with Crippen LogP contribution < -0.4 is 9.64 Å². The number of amides is 1. The molecule has 0 radical (unpaired) electrons. The van der Waals surface area contributed by atoms with Crippen molar-refractivity contribution in [2.24, 2.45) is 0 Å². The second-order valence-corrected chi connectivity index (χ2v) is 7.95. The van der Waals surface area contributed by atoms with Crippen LogP contribution in [-0.4, -0.2) is 66.6 Å². The van der Waals surface area contributed by atoms with Gasteiger partial charge < -0.3 is 19.5 Å². The number of aliphatic hydroxyl groups excluding tert-OH is 1. The van der Waals surface area contributed by atoms with Crippen LogP contribution in [0.5, 0.6) is 5.75 Å². The Morgan fingerprint density at radius 1 is 1.33 bits per heavy atom. The van der Waals surface area contributed by atoms with Crippen LogP contribution in [0.1, 0.15) is 16.8 Å². The van der Waals surface area contributed by atoms with Crippen molar-refractivity contribution in [1.29, 1.82) is 0 Å². The summed E-state index contributed by atoms with van der Waals surface area (Å²) in [4.78, 5) is 19.9. The van der Waals surface area contributed by atoms with Gasteiger partial charge in [0.1, 0.15) is 23.8 Å². The average Bonchev–Trinajstić information content (AvgIpc) is 3.36. The Hall–Kier alpha value is -2.71. The number of aryl methyl sites for hydroxylation is 1. The summed E-state index contributed by atoms with van der Waals surface area (Å²) in [5.74, 6) is 0.427. The fourth-order valence-corrected chi connectivity index (χ4v) is 4.24. The van der Waals surface area contributed by atoms with Crippen LogP contribution in [0.4, 0.5) is 14.9 Å². The highest BCUT2D eigenvalue weighted by Crippen LogP contribution is 2.30. The number of fused-ring (bicyclic) bond motifs is 1. The largest absolute Gasteiger partial charge is 0.497 e. The van der Waals surface area contributed by atoms with Crippen molar-refractivity contribution >= 4 is 11.8 Å². The normalized spacial score (nSPS) is 21.7. The zero-order valence-electron chi connectivity index (χ0n) is 17.3. The Balaban J connectivity index is 1.37. The lowest BCUT2D eigenvalue weighted by atomic mass is 10.1. The molecule has 2 heterocycles. The highest BCUT2D eigenvalue weighted by atomic mass is 19.1. The first-order valence-corrected chi connectivity index (χ1v) is 10.0. The summed E-state index contributed by atoms with van der Waals surface area (Å²) in [6.45, 7) is 2.48. The van der Waals surface area contributed by atoms with E-state index in [4.69, 9.17) is 9.47 Å². The number of nitrogens with zero attached hydrogens (tertiary/aromatic N) is 3. The summed E-state index contributed by atoms with van der Waals surface area (Å²) >= 11 is 0. The molecule has 2 aliphatic rings. The van der Waals surface area contributed by atoms with Crippen molar-refractivity contribution in [2.45, 2.75) is 38.0 Å². The van der Waals surface area contributed by atoms with E-state index in [0.717, 1.165) is 11.3 Å². The molecule has 1 fully saturated rings. The lowest BCUT2D eigenvalue weighted by Gasteiger charge is -2.28. The van der Waals surface area contributed by atoms with Gasteiger partial charge in [-0.1, -0.05) is 0 Å². The Morgan fingerprint density at radius 2 is 2.03 bits per heavy atom. The molecule has 1 saturated heterocycles. The van der Waals surface area contributed by atoms with Crippen molar-refractivity contribution in [2.75, 3.05) is 32.1 Å². The van der Waals surface area contributed by atoms with Crippen LogP contribution >= 0.6 is 0 Å². The molecule has 30 heavy (non-hydrogen) atoms. The molecular weight excluding hydrogens is 389 g/mol. The second-order valence-electron chi connectivity index (χ2n) is 7.95. The van der Waals surface area contributed by atoms with Gasteiger partial charge in [-0.25, -0.2) is 9.18 Å². The topological polar surface area (TPSA) is 75.1 Å². The van der Waals surface area contributed by atoms with Crippen LogP contribution in [0.15, 0.2) is 30.5 Å². The zero-order valence-corrected chi connectivity index (χ0v) is 17.3. The first-order chi connectivity index (χ1) is 14.4. The quantitative estimate of drug-likeness (QED) is 0.781. The molecule has 1 aromatic heterocycles. The minimum absolute atomic E-state index is 0.0712. The fraction of sp³-hybridized carbons (Fsp3) is 0.455. The third-order valence-electron chi connectivity index (χ3n) is 6.09. The van der Waals surface area contributed by atoms with Crippen LogP contribution in [0, 0.1) is 12.7 Å². The smallest absolute Gasteiger partial charge is 0.414 e. The van der Waals surface area contributed by atoms with Gasteiger partial charge in [-0.05, 0) is 62.2 Å². The van der Waals surface area contributed by atoms with Crippen molar-refractivity contribution in [3.8, 4) is 5.75 Å². The van der Waals surface area contributed by atoms with Crippen LogP contribution in [-0.2, 0) is 17.6 Å². The lowest BCUT2D eigenvalue weighted by Crippen LogP contribution is -2.44. The number of benzene rings is 1. The molecule has 1 aliphatic heterocycles. The molecule has 4 rings (SSSR count). The number of cyclic esters (lactones) is 1. The highest BCUT2D eigenvalue weighted by Gasteiger charge is 2.38. The fourth-order valence-electron chi connectivity index (χ4n) is 4.24. The Labute approximate surface area is 175 Å². The lowest BCUT2D eigenvalue weighted by molar-refractivity contribution is 0.00859. The summed E-state index contributed by atoms with van der Waals surface area (Å²) < 4.78 is 24.7. The standard InChI is InChI=1S/C22H26FN3O4/c1-13-17-8-15(9-18(17)19(23)10-24-13)25(2)11-20(27)21-12-26(22(28)30-21)14-4-6-16(29-3)7-5-14/h4-7,10,15,20-21,27H,8-9,11-12H2,1-3H3/t15?,20-,21-/m1/s1. The number of pyridine rings is 1. The third kappa shape index (κ3) is 3.85. The number of aromatic nitrogens is 1. The van der Waals surface area contributed by atoms with E-state index < -0.39 is 18.3 Å². The Morgan fingerprint density at radius 3 is 2.70 bits per heavy atom. The maximum Gasteiger partial charge on any atom is 0.414 e. The summed E-state index contributed by atoms with van der Waals surface area (Å²) in [6, 6.07) is 7.17. The predicted octanol–water partition coefficient (Wildman–Crippen LogP) is 2.32. The van der Waals surface area contributed by atoms with E-state index in [0.29, 0.717) is 36.4 Å². The van der Waals surface area contributed by atoms with E-state index >= 15 is 0 Å². The van der Waals surface area contributed by atoms with E-state index in [9.17, 15) is 14.3 Å². The van der Waals surface area contributed by atoms with Gasteiger partial charge >= 0.3 is 6.09 Å². The predicted molar refractivity (Wildman–Crippen MR) is 109 cm³/mol. The minimum Gasteiger partial charge on any atom is -0.497 e. The maximum atomic E-state index is 14.1. The number of anilines is 1. The monoisotopic (exact) mass is 415 g/mol. The van der Waals surface area contributed by atoms with Gasteiger partial charge in [0.25, 0.3) is 0 Å². The molecule has 2 aromatic rings. The van der Waals surface area contributed by atoms with Gasteiger partial charge in [-0.3, -0.25) is 9.88 Å². The second kappa shape index (κ2) is 8.20. The van der Waals surface area contributed by atoms with E-state index in [2.05, 4.69) is 4.98 Å². The van der Waals surface area contributed by atoms with Gasteiger partial charge in [0.05, 0.1) is 19.9 Å². The molecule has 160 valence electrons. The van der Waals surface area contributed by atoms with Crippen LogP contribution in [0.2, 0.25) is 0 Å². The number of aliphatic hydroxyl groups is 1. The number of carbonyl (C=O) groups excluding carboxylic acids is 1. The molecule has 7 nitrogen and oxygen atoms in total. The van der Waals surface area contributed by atoms with Gasteiger partial charge in [-0.15, -0.1) is 0 Å². The number of carbonyl (C=O) groups is 1. The van der Waals surface area contributed by atoms with Gasteiger partial charge in [-0.2, -0.15) is 0 Å². The number of ether oxygens (including phenoxy) is 2. The van der Waals surface area contributed by atoms with Gasteiger partial charge in [0.2, 0.25) is 0 Å². The molecular formula is C22H26FN3O4. The van der Waals surface area contributed by atoms with E-state index in [-0.39, 0.29) is 18.4 Å². The first-order valence-electron chi connectivity index (χ1n) is 10.0. The van der Waals surface area contributed by atoms with E-state index in [1.54, 1.807) is 31.4 Å². The Bertz CT molecular complexity index is 906. The molecule has 1 amide bonds. The van der Waals surface area contributed by atoms with Crippen LogP contribution in [0.25, 0.3) is 0 Å². The number of methoxy groups -OCH3 is 1. The summed E-state index contributed by atoms with van der Waals surface area (Å²) in [5, 5.41) is 10.7. The molecule has 1 N–H and O–H groups in total. The van der Waals surface area contributed by atoms with Crippen molar-refractivity contribution < 1.29 is 23.8 Å². The maximum absolute atomic E-state index is 14.1. The third-order valence-corrected chi connectivity index (χ3v) is 6.09. The number of likely N-dealkylation sites (N-methyl/N-ethyl adjacent to an activating group) is 1. The van der Waals surface area contributed by atoms with Gasteiger partial charge in [0.15, 0.2) is 0 Å². The molecule has 0 saturated carbocycles. The molecule has 0 bridgehead atoms. The van der Waals surface area contributed by atoms with Crippen molar-refractivity contribution in [1.82, 2.24) is 9.88 Å².